The van der Waals surface area contributed by atoms with Crippen LogP contribution in [0.1, 0.15) is 11.8 Å². The molecule has 0 amide bonds. The van der Waals surface area contributed by atoms with Crippen molar-refractivity contribution in [2.75, 3.05) is 24.9 Å². The predicted molar refractivity (Wildman–Crippen MR) is 107 cm³/mol. The number of aliphatic hydroxyl groups is 3. The summed E-state index contributed by atoms with van der Waals surface area (Å²) in [7, 11) is 1.58. The van der Waals surface area contributed by atoms with Crippen LogP contribution >= 0.6 is 0 Å². The van der Waals surface area contributed by atoms with Crippen molar-refractivity contribution < 1.29 is 24.8 Å². The standard InChI is InChI=1S/C18H21N7O5/c1-29-10-4-2-9(3-5-10)6-22-24-18-23-12-15(19)20-8-21-16(12)25(18)17-14(28)13(27)11(7-26)30-17/h2-6,8,11,13-14,17,26-28H,7H2,1H3,(H,23,24)(H2,19,20,21)/b22-6+/t11-,13-,14-,17-/m1/s1. The molecule has 6 N–H and O–H groups in total. The van der Waals surface area contributed by atoms with E-state index in [0.717, 1.165) is 11.3 Å². The van der Waals surface area contributed by atoms with Crippen LogP contribution in [0.5, 0.6) is 5.75 Å². The number of aromatic nitrogens is 4. The van der Waals surface area contributed by atoms with Crippen molar-refractivity contribution in [3.8, 4) is 5.75 Å². The second kappa shape index (κ2) is 8.20. The first kappa shape index (κ1) is 20.0. The van der Waals surface area contributed by atoms with Crippen molar-refractivity contribution in [2.45, 2.75) is 24.5 Å². The molecule has 3 aromatic rings. The number of hydrazone groups is 1. The molecule has 0 aliphatic carbocycles. The number of ether oxygens (including phenoxy) is 2. The van der Waals surface area contributed by atoms with Gasteiger partial charge in [-0.05, 0) is 29.8 Å². The molecule has 1 aliphatic heterocycles. The van der Waals surface area contributed by atoms with E-state index in [1.54, 1.807) is 25.5 Å². The van der Waals surface area contributed by atoms with Crippen LogP contribution in [-0.4, -0.2) is 73.1 Å². The van der Waals surface area contributed by atoms with E-state index in [2.05, 4.69) is 25.5 Å². The lowest BCUT2D eigenvalue weighted by Crippen LogP contribution is -2.33. The van der Waals surface area contributed by atoms with E-state index in [1.807, 2.05) is 12.1 Å². The van der Waals surface area contributed by atoms with Gasteiger partial charge in [0.25, 0.3) is 0 Å². The molecular weight excluding hydrogens is 394 g/mol. The number of nitrogens with one attached hydrogen (secondary N) is 1. The molecule has 12 nitrogen and oxygen atoms in total. The van der Waals surface area contributed by atoms with E-state index in [-0.39, 0.29) is 22.9 Å². The molecule has 4 atom stereocenters. The van der Waals surface area contributed by atoms with Crippen molar-refractivity contribution in [1.29, 1.82) is 0 Å². The van der Waals surface area contributed by atoms with Gasteiger partial charge in [-0.25, -0.2) is 20.4 Å². The van der Waals surface area contributed by atoms with Crippen molar-refractivity contribution in [3.05, 3.63) is 36.2 Å². The van der Waals surface area contributed by atoms with Crippen LogP contribution in [0.15, 0.2) is 35.7 Å². The molecule has 0 bridgehead atoms. The Bertz CT molecular complexity index is 1060. The average molecular weight is 415 g/mol. The van der Waals surface area contributed by atoms with Crippen LogP contribution in [0.4, 0.5) is 11.8 Å². The molecule has 1 aliphatic rings. The number of imidazole rings is 1. The fourth-order valence-corrected chi connectivity index (χ4v) is 3.19. The number of hydrogen-bond acceptors (Lipinski definition) is 11. The third kappa shape index (κ3) is 3.52. The van der Waals surface area contributed by atoms with Crippen LogP contribution in [0.3, 0.4) is 0 Å². The fraction of sp³-hybridized carbons (Fsp3) is 0.333. The number of hydrogen-bond donors (Lipinski definition) is 5. The maximum atomic E-state index is 10.4. The van der Waals surface area contributed by atoms with E-state index in [4.69, 9.17) is 15.2 Å². The van der Waals surface area contributed by atoms with Crippen LogP contribution < -0.4 is 15.9 Å². The van der Waals surface area contributed by atoms with Crippen LogP contribution in [0, 0.1) is 0 Å². The summed E-state index contributed by atoms with van der Waals surface area (Å²) in [5, 5.41) is 34.1. The number of methoxy groups -OCH3 is 1. The third-order valence-electron chi connectivity index (χ3n) is 4.77. The number of fused-ring (bicyclic) bond motifs is 1. The Balaban J connectivity index is 1.68. The molecule has 0 saturated carbocycles. The molecule has 30 heavy (non-hydrogen) atoms. The van der Waals surface area contributed by atoms with E-state index in [9.17, 15) is 15.3 Å². The lowest BCUT2D eigenvalue weighted by atomic mass is 10.1. The minimum Gasteiger partial charge on any atom is -0.497 e. The summed E-state index contributed by atoms with van der Waals surface area (Å²) < 4.78 is 12.2. The SMILES string of the molecule is COc1ccc(/C=N/Nc2nc3c(N)ncnc3n2[C@@H]2O[C@H](CO)[C@@H](O)[C@H]2O)cc1. The molecule has 4 rings (SSSR count). The largest absolute Gasteiger partial charge is 0.497 e. The summed E-state index contributed by atoms with van der Waals surface area (Å²) in [6.07, 6.45) is -1.83. The van der Waals surface area contributed by atoms with E-state index < -0.39 is 31.1 Å². The Labute approximate surface area is 170 Å². The van der Waals surface area contributed by atoms with Gasteiger partial charge in [-0.15, -0.1) is 0 Å². The number of rotatable bonds is 6. The number of nitrogen functional groups attached to an aromatic ring is 1. The lowest BCUT2D eigenvalue weighted by molar-refractivity contribution is -0.0501. The highest BCUT2D eigenvalue weighted by molar-refractivity contribution is 5.84. The summed E-state index contributed by atoms with van der Waals surface area (Å²) in [4.78, 5) is 12.4. The second-order valence-corrected chi connectivity index (χ2v) is 6.61. The van der Waals surface area contributed by atoms with Crippen LogP contribution in [0.25, 0.3) is 11.2 Å². The first-order valence-electron chi connectivity index (χ1n) is 9.07. The van der Waals surface area contributed by atoms with Crippen molar-refractivity contribution in [1.82, 2.24) is 19.5 Å². The van der Waals surface area contributed by atoms with Crippen molar-refractivity contribution in [2.24, 2.45) is 5.10 Å². The minimum atomic E-state index is -1.33. The van der Waals surface area contributed by atoms with E-state index in [1.165, 1.54) is 10.9 Å². The molecule has 1 fully saturated rings. The molecule has 2 aromatic heterocycles. The predicted octanol–water partition coefficient (Wildman–Crippen LogP) is -0.525. The summed E-state index contributed by atoms with van der Waals surface area (Å²) in [6.45, 7) is -0.461. The number of nitrogens with zero attached hydrogens (tertiary/aromatic N) is 5. The molecule has 0 unspecified atom stereocenters. The fourth-order valence-electron chi connectivity index (χ4n) is 3.19. The number of anilines is 2. The summed E-state index contributed by atoms with van der Waals surface area (Å²) in [5.74, 6) is 1.02. The van der Waals surface area contributed by atoms with Gasteiger partial charge in [-0.1, -0.05) is 0 Å². The zero-order chi connectivity index (χ0) is 21.3. The number of nitrogens with two attached hydrogens (primary N) is 1. The minimum absolute atomic E-state index is 0.132. The Morgan fingerprint density at radius 1 is 1.27 bits per heavy atom. The maximum Gasteiger partial charge on any atom is 0.228 e. The number of benzene rings is 1. The molecule has 158 valence electrons. The summed E-state index contributed by atoms with van der Waals surface area (Å²) in [5.41, 5.74) is 10.0. The Morgan fingerprint density at radius 3 is 2.70 bits per heavy atom. The van der Waals surface area contributed by atoms with E-state index >= 15 is 0 Å². The Hall–Kier alpha value is -3.32. The third-order valence-corrected chi connectivity index (χ3v) is 4.77. The Morgan fingerprint density at radius 2 is 2.03 bits per heavy atom. The van der Waals surface area contributed by atoms with Gasteiger partial charge in [0.15, 0.2) is 23.2 Å². The van der Waals surface area contributed by atoms with Gasteiger partial charge >= 0.3 is 0 Å². The van der Waals surface area contributed by atoms with Crippen molar-refractivity contribution >= 4 is 29.1 Å². The molecule has 12 heteroatoms. The number of aliphatic hydroxyl groups excluding tert-OH is 3. The summed E-state index contributed by atoms with van der Waals surface area (Å²) in [6, 6.07) is 7.24. The van der Waals surface area contributed by atoms with Crippen LogP contribution in [-0.2, 0) is 4.74 Å². The zero-order valence-electron chi connectivity index (χ0n) is 16.0. The maximum absolute atomic E-state index is 10.4. The van der Waals surface area contributed by atoms with Gasteiger partial charge in [0, 0.05) is 0 Å². The highest BCUT2D eigenvalue weighted by Gasteiger charge is 2.45. The highest BCUT2D eigenvalue weighted by Crippen LogP contribution is 2.35. The molecule has 1 saturated heterocycles. The first-order chi connectivity index (χ1) is 14.5. The van der Waals surface area contributed by atoms with E-state index in [0.29, 0.717) is 0 Å². The molecule has 1 aromatic carbocycles. The van der Waals surface area contributed by atoms with Gasteiger partial charge < -0.3 is 30.5 Å². The van der Waals surface area contributed by atoms with Crippen LogP contribution in [0.2, 0.25) is 0 Å². The average Bonchev–Trinajstić information content (AvgIpc) is 3.26. The topological polar surface area (TPSA) is 173 Å². The lowest BCUT2D eigenvalue weighted by Gasteiger charge is -2.18. The molecular formula is C18H21N7O5. The van der Waals surface area contributed by atoms with Gasteiger partial charge in [-0.3, -0.25) is 4.57 Å². The van der Waals surface area contributed by atoms with Gasteiger partial charge in [-0.2, -0.15) is 5.10 Å². The second-order valence-electron chi connectivity index (χ2n) is 6.61. The first-order valence-corrected chi connectivity index (χ1v) is 9.07. The van der Waals surface area contributed by atoms with Gasteiger partial charge in [0.05, 0.1) is 19.9 Å². The summed E-state index contributed by atoms with van der Waals surface area (Å²) >= 11 is 0. The smallest absolute Gasteiger partial charge is 0.228 e. The van der Waals surface area contributed by atoms with Gasteiger partial charge in [0.2, 0.25) is 5.95 Å². The molecule has 0 radical (unpaired) electrons. The van der Waals surface area contributed by atoms with Crippen molar-refractivity contribution in [3.63, 3.8) is 0 Å². The zero-order valence-corrected chi connectivity index (χ0v) is 16.0. The molecule has 3 heterocycles. The molecule has 0 spiro atoms. The normalized spacial score (nSPS) is 24.0. The Kier molecular flexibility index (Phi) is 5.46. The highest BCUT2D eigenvalue weighted by atomic mass is 16.6. The monoisotopic (exact) mass is 415 g/mol. The quantitative estimate of drug-likeness (QED) is 0.260. The van der Waals surface area contributed by atoms with Gasteiger partial charge in [0.1, 0.15) is 30.4 Å².